The SMILES string of the molecule is O=Cc1ccccc1-c1cc(Cl)c2cccnc2c1O.Oc1c(-c2ccccc2)cc(Cl)c2cccnc12. The Kier molecular flexibility index (Phi) is 7.22. The standard InChI is InChI=1S/C16H10ClNO2.C15H10ClNO/c17-14-8-13(11-5-2-1-4-10(11)9-19)16(20)15-12(14)6-3-7-18-15;16-13-9-12(10-5-2-1-3-6-10)15(18)14-11(13)7-4-8-17-14/h1-9,20H;1-9,18H. The fraction of sp³-hybridized carbons (Fsp3) is 0. The molecule has 2 N–H and O–H groups in total. The van der Waals surface area contributed by atoms with Crippen molar-refractivity contribution in [1.29, 1.82) is 0 Å². The number of phenols is 2. The van der Waals surface area contributed by atoms with Crippen molar-refractivity contribution >= 4 is 51.3 Å². The Morgan fingerprint density at radius 1 is 0.605 bits per heavy atom. The van der Waals surface area contributed by atoms with E-state index in [1.807, 2.05) is 36.4 Å². The predicted octanol–water partition coefficient (Wildman–Crippen LogP) is 8.33. The van der Waals surface area contributed by atoms with Gasteiger partial charge in [0.25, 0.3) is 0 Å². The minimum absolute atomic E-state index is 0.0271. The van der Waals surface area contributed by atoms with Gasteiger partial charge in [-0.1, -0.05) is 77.8 Å². The molecule has 6 rings (SSSR count). The summed E-state index contributed by atoms with van der Waals surface area (Å²) in [5.74, 6) is 0.195. The molecule has 6 aromatic rings. The molecule has 7 heteroatoms. The summed E-state index contributed by atoms with van der Waals surface area (Å²) in [7, 11) is 0. The maximum atomic E-state index is 11.1. The highest BCUT2D eigenvalue weighted by Crippen LogP contribution is 2.40. The van der Waals surface area contributed by atoms with E-state index in [0.29, 0.717) is 48.7 Å². The van der Waals surface area contributed by atoms with E-state index in [2.05, 4.69) is 9.97 Å². The lowest BCUT2D eigenvalue weighted by Crippen LogP contribution is -1.90. The van der Waals surface area contributed by atoms with Gasteiger partial charge in [-0.15, -0.1) is 0 Å². The molecule has 0 saturated heterocycles. The van der Waals surface area contributed by atoms with Crippen molar-refractivity contribution in [2.75, 3.05) is 0 Å². The summed E-state index contributed by atoms with van der Waals surface area (Å²) in [6.07, 6.45) is 3.99. The quantitative estimate of drug-likeness (QED) is 0.221. The second-order valence-corrected chi connectivity index (χ2v) is 9.19. The lowest BCUT2D eigenvalue weighted by atomic mass is 9.98. The minimum atomic E-state index is 0.0271. The third-order valence-corrected chi connectivity index (χ3v) is 6.72. The second-order valence-electron chi connectivity index (χ2n) is 8.38. The van der Waals surface area contributed by atoms with Gasteiger partial charge >= 0.3 is 0 Å². The summed E-state index contributed by atoms with van der Waals surface area (Å²) in [5.41, 5.74) is 4.21. The molecular weight excluding hydrogens is 519 g/mol. The summed E-state index contributed by atoms with van der Waals surface area (Å²) in [6, 6.07) is 27.3. The van der Waals surface area contributed by atoms with Gasteiger partial charge in [-0.05, 0) is 47.5 Å². The second kappa shape index (κ2) is 10.9. The molecular formula is C31H20Cl2N2O3. The Bertz CT molecular complexity index is 1790. The molecule has 0 aliphatic heterocycles. The number of aromatic hydroxyl groups is 2. The van der Waals surface area contributed by atoms with Crippen molar-refractivity contribution in [1.82, 2.24) is 9.97 Å². The lowest BCUT2D eigenvalue weighted by Gasteiger charge is -2.10. The Labute approximate surface area is 228 Å². The third kappa shape index (κ3) is 4.77. The molecule has 2 heterocycles. The van der Waals surface area contributed by atoms with Crippen LogP contribution in [0.25, 0.3) is 44.1 Å². The Morgan fingerprint density at radius 2 is 1.13 bits per heavy atom. The summed E-state index contributed by atoms with van der Waals surface area (Å²) >= 11 is 12.5. The van der Waals surface area contributed by atoms with Crippen LogP contribution < -0.4 is 0 Å². The number of aldehydes is 1. The minimum Gasteiger partial charge on any atom is -0.505 e. The predicted molar refractivity (Wildman–Crippen MR) is 153 cm³/mol. The van der Waals surface area contributed by atoms with Crippen LogP contribution in [0, 0.1) is 0 Å². The molecule has 0 aliphatic carbocycles. The number of halogens is 2. The largest absolute Gasteiger partial charge is 0.505 e. The fourth-order valence-electron chi connectivity index (χ4n) is 4.26. The average molecular weight is 539 g/mol. The number of benzene rings is 4. The lowest BCUT2D eigenvalue weighted by molar-refractivity contribution is 0.112. The summed E-state index contributed by atoms with van der Waals surface area (Å²) in [6.45, 7) is 0. The maximum Gasteiger partial charge on any atom is 0.150 e. The van der Waals surface area contributed by atoms with Crippen LogP contribution in [0.15, 0.2) is 103 Å². The van der Waals surface area contributed by atoms with Gasteiger partial charge in [-0.2, -0.15) is 0 Å². The van der Waals surface area contributed by atoms with Gasteiger partial charge in [0.05, 0.1) is 10.0 Å². The first kappa shape index (κ1) is 25.2. The highest BCUT2D eigenvalue weighted by atomic mass is 35.5. The van der Waals surface area contributed by atoms with Crippen LogP contribution >= 0.6 is 23.2 Å². The van der Waals surface area contributed by atoms with Crippen LogP contribution in [0.2, 0.25) is 10.0 Å². The van der Waals surface area contributed by atoms with Gasteiger partial charge in [0.2, 0.25) is 0 Å². The molecule has 5 nitrogen and oxygen atoms in total. The zero-order chi connectivity index (χ0) is 26.6. The molecule has 2 aromatic heterocycles. The van der Waals surface area contributed by atoms with E-state index in [9.17, 15) is 15.0 Å². The van der Waals surface area contributed by atoms with E-state index in [-0.39, 0.29) is 11.5 Å². The maximum absolute atomic E-state index is 11.1. The van der Waals surface area contributed by atoms with Crippen molar-refractivity contribution in [2.45, 2.75) is 0 Å². The molecule has 186 valence electrons. The van der Waals surface area contributed by atoms with E-state index >= 15 is 0 Å². The van der Waals surface area contributed by atoms with Gasteiger partial charge in [0.1, 0.15) is 22.5 Å². The molecule has 38 heavy (non-hydrogen) atoms. The fourth-order valence-corrected chi connectivity index (χ4v) is 4.79. The number of carbonyl (C=O) groups is 1. The molecule has 4 aromatic carbocycles. The molecule has 0 fully saturated rings. The van der Waals surface area contributed by atoms with Crippen molar-refractivity contribution < 1.29 is 15.0 Å². The molecule has 0 bridgehead atoms. The van der Waals surface area contributed by atoms with Crippen LogP contribution in [0.1, 0.15) is 10.4 Å². The molecule has 0 amide bonds. The van der Waals surface area contributed by atoms with E-state index in [4.69, 9.17) is 23.2 Å². The van der Waals surface area contributed by atoms with Gasteiger partial charge in [-0.25, -0.2) is 0 Å². The zero-order valence-corrected chi connectivity index (χ0v) is 21.4. The van der Waals surface area contributed by atoms with Crippen molar-refractivity contribution in [3.05, 3.63) is 119 Å². The topological polar surface area (TPSA) is 83.3 Å². The van der Waals surface area contributed by atoms with Gasteiger partial charge in [0, 0.05) is 39.9 Å². The van der Waals surface area contributed by atoms with Crippen molar-refractivity contribution in [3.63, 3.8) is 0 Å². The Hall–Kier alpha value is -4.45. The highest BCUT2D eigenvalue weighted by molar-refractivity contribution is 6.36. The number of nitrogens with zero attached hydrogens (tertiary/aromatic N) is 2. The van der Waals surface area contributed by atoms with Crippen LogP contribution in [0.4, 0.5) is 0 Å². The summed E-state index contributed by atoms with van der Waals surface area (Å²) in [5, 5.41) is 23.2. The molecule has 0 saturated carbocycles. The number of aromatic nitrogens is 2. The number of hydrogen-bond donors (Lipinski definition) is 2. The van der Waals surface area contributed by atoms with Gasteiger partial charge in [-0.3, -0.25) is 14.8 Å². The summed E-state index contributed by atoms with van der Waals surface area (Å²) < 4.78 is 0. The van der Waals surface area contributed by atoms with E-state index in [0.717, 1.165) is 17.2 Å². The molecule has 0 radical (unpaired) electrons. The Balaban J connectivity index is 0.000000156. The number of hydrogen-bond acceptors (Lipinski definition) is 5. The first-order valence-corrected chi connectivity index (χ1v) is 12.4. The monoisotopic (exact) mass is 538 g/mol. The number of rotatable bonds is 3. The van der Waals surface area contributed by atoms with E-state index in [1.54, 1.807) is 67.0 Å². The highest BCUT2D eigenvalue weighted by Gasteiger charge is 2.15. The smallest absolute Gasteiger partial charge is 0.150 e. The number of carbonyl (C=O) groups excluding carboxylic acids is 1. The normalized spacial score (nSPS) is 10.7. The van der Waals surface area contributed by atoms with Crippen LogP contribution in [-0.4, -0.2) is 26.5 Å². The zero-order valence-electron chi connectivity index (χ0n) is 19.8. The first-order valence-electron chi connectivity index (χ1n) is 11.6. The summed E-state index contributed by atoms with van der Waals surface area (Å²) in [4.78, 5) is 19.5. The molecule has 0 unspecified atom stereocenters. The van der Waals surface area contributed by atoms with Crippen LogP contribution in [0.3, 0.4) is 0 Å². The van der Waals surface area contributed by atoms with Gasteiger partial charge < -0.3 is 10.2 Å². The molecule has 0 atom stereocenters. The van der Waals surface area contributed by atoms with Crippen LogP contribution in [-0.2, 0) is 0 Å². The average Bonchev–Trinajstić information content (AvgIpc) is 2.97. The molecule has 0 spiro atoms. The number of pyridine rings is 2. The van der Waals surface area contributed by atoms with Crippen LogP contribution in [0.5, 0.6) is 11.5 Å². The van der Waals surface area contributed by atoms with Gasteiger partial charge in [0.15, 0.2) is 6.29 Å². The van der Waals surface area contributed by atoms with Crippen molar-refractivity contribution in [2.24, 2.45) is 0 Å². The molecule has 0 aliphatic rings. The van der Waals surface area contributed by atoms with E-state index in [1.165, 1.54) is 0 Å². The number of fused-ring (bicyclic) bond motifs is 2. The number of phenolic OH excluding ortho intramolecular Hbond substituents is 2. The van der Waals surface area contributed by atoms with Crippen molar-refractivity contribution in [3.8, 4) is 33.8 Å². The van der Waals surface area contributed by atoms with E-state index < -0.39 is 0 Å². The third-order valence-electron chi connectivity index (χ3n) is 6.09. The first-order chi connectivity index (χ1) is 18.5. The Morgan fingerprint density at radius 3 is 1.74 bits per heavy atom.